The van der Waals surface area contributed by atoms with Crippen LogP contribution in [0.2, 0.25) is 0 Å². The smallest absolute Gasteiger partial charge is 0.329 e. The highest BCUT2D eigenvalue weighted by Crippen LogP contribution is 2.43. The quantitative estimate of drug-likeness (QED) is 0.632. The number of aryl methyl sites for hydroxylation is 1. The normalized spacial score (nSPS) is 17.4. The van der Waals surface area contributed by atoms with Crippen molar-refractivity contribution in [1.82, 2.24) is 0 Å². The maximum Gasteiger partial charge on any atom is 0.329 e. The lowest BCUT2D eigenvalue weighted by Gasteiger charge is -2.28. The summed E-state index contributed by atoms with van der Waals surface area (Å²) < 4.78 is 0.489. The van der Waals surface area contributed by atoms with E-state index in [9.17, 15) is 20.0 Å². The third-order valence-electron chi connectivity index (χ3n) is 3.71. The number of benzene rings is 1. The van der Waals surface area contributed by atoms with Crippen molar-refractivity contribution in [2.45, 2.75) is 32.2 Å². The molecule has 1 aliphatic carbocycles. The van der Waals surface area contributed by atoms with E-state index in [1.807, 2.05) is 0 Å². The molecule has 0 heterocycles. The molecule has 0 aromatic heterocycles. The summed E-state index contributed by atoms with van der Waals surface area (Å²) in [5.74, 6) is -0.828. The Kier molecular flexibility index (Phi) is 3.73. The van der Waals surface area contributed by atoms with Crippen LogP contribution in [0.3, 0.4) is 0 Å². The van der Waals surface area contributed by atoms with Crippen molar-refractivity contribution < 1.29 is 14.8 Å². The molecule has 0 radical (unpaired) electrons. The van der Waals surface area contributed by atoms with Crippen molar-refractivity contribution >= 4 is 33.3 Å². The molecule has 2 N–H and O–H groups in total. The van der Waals surface area contributed by atoms with E-state index in [-0.39, 0.29) is 11.6 Å². The number of rotatable bonds is 5. The molecule has 1 aromatic carbocycles. The van der Waals surface area contributed by atoms with Gasteiger partial charge in [-0.2, -0.15) is 0 Å². The Morgan fingerprint density at radius 1 is 1.55 bits per heavy atom. The first-order valence-corrected chi connectivity index (χ1v) is 7.01. The summed E-state index contributed by atoms with van der Waals surface area (Å²) in [5, 5.41) is 23.3. The van der Waals surface area contributed by atoms with Gasteiger partial charge in [-0.05, 0) is 54.6 Å². The van der Waals surface area contributed by atoms with Crippen LogP contribution in [0.5, 0.6) is 0 Å². The fourth-order valence-corrected chi connectivity index (χ4v) is 2.66. The number of carboxylic acid groups (broad SMARTS) is 1. The third kappa shape index (κ3) is 2.63. The highest BCUT2D eigenvalue weighted by Gasteiger charge is 2.47. The zero-order valence-corrected chi connectivity index (χ0v) is 12.7. The lowest BCUT2D eigenvalue weighted by Crippen LogP contribution is -2.45. The van der Waals surface area contributed by atoms with Crippen LogP contribution in [-0.4, -0.2) is 21.5 Å². The lowest BCUT2D eigenvalue weighted by atomic mass is 9.95. The maximum absolute atomic E-state index is 11.5. The largest absolute Gasteiger partial charge is 0.480 e. The Hall–Kier alpha value is -1.63. The van der Waals surface area contributed by atoms with E-state index >= 15 is 0 Å². The summed E-state index contributed by atoms with van der Waals surface area (Å²) in [6.07, 6.45) is 1.75. The van der Waals surface area contributed by atoms with Crippen molar-refractivity contribution in [3.63, 3.8) is 0 Å². The summed E-state index contributed by atoms with van der Waals surface area (Å²) in [5.41, 5.74) is 0.00506. The molecule has 0 bridgehead atoms. The lowest BCUT2D eigenvalue weighted by molar-refractivity contribution is -0.385. The Morgan fingerprint density at radius 2 is 2.15 bits per heavy atom. The second-order valence-electron chi connectivity index (χ2n) is 5.28. The molecule has 0 saturated heterocycles. The zero-order valence-electron chi connectivity index (χ0n) is 11.1. The standard InChI is InChI=1S/C13H15BrN2O4/c1-7-5-10(9(14)6-11(7)16(19)20)15-13(2,12(17)18)8-3-4-8/h5-6,8,15H,3-4H2,1-2H3,(H,17,18). The molecule has 2 rings (SSSR count). The van der Waals surface area contributed by atoms with Gasteiger partial charge in [0.1, 0.15) is 5.54 Å². The predicted octanol–water partition coefficient (Wildman–Crippen LogP) is 3.33. The van der Waals surface area contributed by atoms with Gasteiger partial charge in [-0.25, -0.2) is 4.79 Å². The summed E-state index contributed by atoms with van der Waals surface area (Å²) in [7, 11) is 0. The van der Waals surface area contributed by atoms with Crippen LogP contribution in [0.15, 0.2) is 16.6 Å². The molecule has 20 heavy (non-hydrogen) atoms. The SMILES string of the molecule is Cc1cc(NC(C)(C(=O)O)C2CC2)c(Br)cc1[N+](=O)[O-]. The molecule has 1 aromatic rings. The van der Waals surface area contributed by atoms with Gasteiger partial charge in [0.2, 0.25) is 0 Å². The number of anilines is 1. The third-order valence-corrected chi connectivity index (χ3v) is 4.37. The molecular weight excluding hydrogens is 328 g/mol. The molecule has 7 heteroatoms. The summed E-state index contributed by atoms with van der Waals surface area (Å²) in [6.45, 7) is 3.28. The van der Waals surface area contributed by atoms with Gasteiger partial charge in [-0.1, -0.05) is 0 Å². The molecule has 0 amide bonds. The highest BCUT2D eigenvalue weighted by atomic mass is 79.9. The number of nitro groups is 1. The average Bonchev–Trinajstić information content (AvgIpc) is 3.16. The Bertz CT molecular complexity index is 586. The minimum Gasteiger partial charge on any atom is -0.480 e. The van der Waals surface area contributed by atoms with Gasteiger partial charge >= 0.3 is 5.97 Å². The number of carboxylic acids is 1. The fraction of sp³-hybridized carbons (Fsp3) is 0.462. The summed E-state index contributed by atoms with van der Waals surface area (Å²) >= 11 is 3.26. The van der Waals surface area contributed by atoms with E-state index in [1.54, 1.807) is 19.9 Å². The van der Waals surface area contributed by atoms with E-state index in [1.165, 1.54) is 6.07 Å². The number of aliphatic carboxylic acids is 1. The molecule has 1 fully saturated rings. The minimum atomic E-state index is -1.05. The minimum absolute atomic E-state index is 0.00544. The number of nitrogens with one attached hydrogen (secondary N) is 1. The first-order chi connectivity index (χ1) is 9.25. The maximum atomic E-state index is 11.5. The monoisotopic (exact) mass is 342 g/mol. The van der Waals surface area contributed by atoms with Gasteiger partial charge in [0, 0.05) is 16.1 Å². The van der Waals surface area contributed by atoms with Crippen molar-refractivity contribution in [2.75, 3.05) is 5.32 Å². The van der Waals surface area contributed by atoms with E-state index in [4.69, 9.17) is 0 Å². The molecule has 108 valence electrons. The second kappa shape index (κ2) is 5.05. The number of hydrogen-bond acceptors (Lipinski definition) is 4. The van der Waals surface area contributed by atoms with Gasteiger partial charge in [0.25, 0.3) is 5.69 Å². The number of nitrogens with zero attached hydrogens (tertiary/aromatic N) is 1. The predicted molar refractivity (Wildman–Crippen MR) is 77.9 cm³/mol. The van der Waals surface area contributed by atoms with Crippen molar-refractivity contribution in [2.24, 2.45) is 5.92 Å². The van der Waals surface area contributed by atoms with E-state index in [2.05, 4.69) is 21.2 Å². The van der Waals surface area contributed by atoms with Crippen molar-refractivity contribution in [3.8, 4) is 0 Å². The van der Waals surface area contributed by atoms with Crippen molar-refractivity contribution in [3.05, 3.63) is 32.3 Å². The van der Waals surface area contributed by atoms with Crippen LogP contribution in [0.1, 0.15) is 25.3 Å². The molecule has 1 unspecified atom stereocenters. The average molecular weight is 343 g/mol. The van der Waals surface area contributed by atoms with Gasteiger partial charge in [-0.15, -0.1) is 0 Å². The molecule has 0 spiro atoms. The summed E-state index contributed by atoms with van der Waals surface area (Å²) in [6, 6.07) is 3.00. The Balaban J connectivity index is 2.36. The molecular formula is C13H15BrN2O4. The Labute approximate surface area is 124 Å². The molecule has 1 saturated carbocycles. The molecule has 1 atom stereocenters. The highest BCUT2D eigenvalue weighted by molar-refractivity contribution is 9.10. The van der Waals surface area contributed by atoms with Crippen LogP contribution in [0.25, 0.3) is 0 Å². The number of hydrogen-bond donors (Lipinski definition) is 2. The van der Waals surface area contributed by atoms with Gasteiger partial charge in [0.15, 0.2) is 0 Å². The fourth-order valence-electron chi connectivity index (χ4n) is 2.23. The topological polar surface area (TPSA) is 92.5 Å². The van der Waals surface area contributed by atoms with Crippen LogP contribution in [-0.2, 0) is 4.79 Å². The van der Waals surface area contributed by atoms with E-state index < -0.39 is 16.4 Å². The first-order valence-electron chi connectivity index (χ1n) is 6.22. The van der Waals surface area contributed by atoms with Crippen LogP contribution >= 0.6 is 15.9 Å². The van der Waals surface area contributed by atoms with Gasteiger partial charge < -0.3 is 10.4 Å². The second-order valence-corrected chi connectivity index (χ2v) is 6.14. The number of halogens is 1. The summed E-state index contributed by atoms with van der Waals surface area (Å²) in [4.78, 5) is 21.9. The number of carbonyl (C=O) groups is 1. The zero-order chi connectivity index (χ0) is 15.1. The van der Waals surface area contributed by atoms with Crippen molar-refractivity contribution in [1.29, 1.82) is 0 Å². The molecule has 1 aliphatic rings. The molecule has 6 nitrogen and oxygen atoms in total. The number of nitro benzene ring substituents is 1. The first kappa shape index (κ1) is 14.8. The van der Waals surface area contributed by atoms with Crippen LogP contribution in [0, 0.1) is 23.0 Å². The van der Waals surface area contributed by atoms with Crippen LogP contribution in [0.4, 0.5) is 11.4 Å². The van der Waals surface area contributed by atoms with E-state index in [0.29, 0.717) is 15.7 Å². The van der Waals surface area contributed by atoms with Crippen LogP contribution < -0.4 is 5.32 Å². The van der Waals surface area contributed by atoms with E-state index in [0.717, 1.165) is 12.8 Å². The van der Waals surface area contributed by atoms with Gasteiger partial charge in [0.05, 0.1) is 10.6 Å². The molecule has 0 aliphatic heterocycles. The van der Waals surface area contributed by atoms with Gasteiger partial charge in [-0.3, -0.25) is 10.1 Å². The Morgan fingerprint density at radius 3 is 2.60 bits per heavy atom.